The summed E-state index contributed by atoms with van der Waals surface area (Å²) in [6, 6.07) is 7.10. The van der Waals surface area contributed by atoms with E-state index in [1.807, 2.05) is 30.9 Å². The molecule has 2 N–H and O–H groups in total. The summed E-state index contributed by atoms with van der Waals surface area (Å²) in [7, 11) is 1.74. The topological polar surface area (TPSA) is 76.8 Å². The lowest BCUT2D eigenvalue weighted by atomic mass is 10.2. The molecule has 0 radical (unpaired) electrons. The Balaban J connectivity index is 0.00000196. The minimum absolute atomic E-state index is 0.141. The first-order valence-electron chi connectivity index (χ1n) is 13.7. The molecule has 1 fully saturated rings. The molecule has 8 heteroatoms. The van der Waals surface area contributed by atoms with Crippen molar-refractivity contribution in [1.82, 2.24) is 10.2 Å². The molecule has 1 saturated heterocycles. The van der Waals surface area contributed by atoms with Crippen LogP contribution in [0.25, 0.3) is 0 Å². The van der Waals surface area contributed by atoms with Crippen molar-refractivity contribution in [2.24, 2.45) is 4.99 Å². The lowest BCUT2D eigenvalue weighted by molar-refractivity contribution is -0.580. The first-order valence-corrected chi connectivity index (χ1v) is 14.1. The molecule has 1 aliphatic rings. The highest BCUT2D eigenvalue weighted by Gasteiger charge is 2.16. The van der Waals surface area contributed by atoms with Crippen molar-refractivity contribution in [2.75, 3.05) is 38.5 Å². The minimum atomic E-state index is -0.190. The zero-order valence-electron chi connectivity index (χ0n) is 23.9. The Bertz CT molecular complexity index is 860. The first-order chi connectivity index (χ1) is 17.9. The lowest BCUT2D eigenvalue weighted by Crippen LogP contribution is -2.34. The van der Waals surface area contributed by atoms with Gasteiger partial charge < -0.3 is 15.5 Å². The van der Waals surface area contributed by atoms with Gasteiger partial charge in [-0.05, 0) is 18.6 Å². The zero-order valence-corrected chi connectivity index (χ0v) is 24.6. The summed E-state index contributed by atoms with van der Waals surface area (Å²) in [6.45, 7) is 13.8. The van der Waals surface area contributed by atoms with Gasteiger partial charge in [0.15, 0.2) is 0 Å². The van der Waals surface area contributed by atoms with Gasteiger partial charge in [0.2, 0.25) is 11.8 Å². The average molecular weight is 535 g/mol. The number of nitrogens with one attached hydrogen (secondary N) is 2. The van der Waals surface area contributed by atoms with Gasteiger partial charge in [-0.3, -0.25) is 14.6 Å². The molecule has 0 bridgehead atoms. The molecule has 1 heterocycles. The van der Waals surface area contributed by atoms with Crippen LogP contribution in [0, 0.1) is 0 Å². The van der Waals surface area contributed by atoms with Crippen LogP contribution >= 0.6 is 11.6 Å². The summed E-state index contributed by atoms with van der Waals surface area (Å²) in [6.07, 6.45) is 11.7. The van der Waals surface area contributed by atoms with Crippen LogP contribution in [0.2, 0.25) is 5.02 Å². The van der Waals surface area contributed by atoms with Gasteiger partial charge in [0.05, 0.1) is 30.1 Å². The van der Waals surface area contributed by atoms with Crippen LogP contribution in [0.15, 0.2) is 41.2 Å². The molecule has 37 heavy (non-hydrogen) atoms. The Morgan fingerprint density at radius 2 is 1.78 bits per heavy atom. The molecule has 7 nitrogen and oxygen atoms in total. The molecule has 2 amide bonds. The zero-order chi connectivity index (χ0) is 27.9. The number of anilines is 1. The smallest absolute Gasteiger partial charge is 0.230 e. The van der Waals surface area contributed by atoms with Crippen molar-refractivity contribution < 1.29 is 14.2 Å². The number of carbonyl (C=O) groups is 2. The fraction of sp³-hybridized carbons (Fsp3) is 0.586. The van der Waals surface area contributed by atoms with Crippen LogP contribution in [-0.2, 0) is 9.59 Å². The minimum Gasteiger partial charge on any atom is -0.390 e. The van der Waals surface area contributed by atoms with Crippen LogP contribution in [0.3, 0.4) is 0 Å². The quantitative estimate of drug-likeness (QED) is 0.236. The second-order valence-corrected chi connectivity index (χ2v) is 8.80. The normalized spacial score (nSPS) is 12.4. The van der Waals surface area contributed by atoms with E-state index in [1.54, 1.807) is 31.6 Å². The standard InChI is InChI=1S/C23H32ClN5O2.C4H10.C2H6/c1-3-12-29(23(31)10-6-13-28-14-7-15-28)16-11-26-18-19(25-2)17-22(30)27-21-9-5-4-8-20(21)24;1-3-4-2;1-2/h4-5,8-9,11,13,18,25H,3,6-7,10,12,14-17H2,1-2H3;3-4H2,1-2H3;1-2H3/p+1/b19-18-,26-11?;;. The maximum atomic E-state index is 12.5. The molecule has 0 atom stereocenters. The predicted molar refractivity (Wildman–Crippen MR) is 159 cm³/mol. The number of hydrogen-bond donors (Lipinski definition) is 2. The second-order valence-electron chi connectivity index (χ2n) is 8.39. The number of halogens is 1. The maximum Gasteiger partial charge on any atom is 0.230 e. The lowest BCUT2D eigenvalue weighted by Gasteiger charge is -2.19. The summed E-state index contributed by atoms with van der Waals surface area (Å²) in [5, 5.41) is 6.26. The van der Waals surface area contributed by atoms with Gasteiger partial charge in [-0.25, -0.2) is 4.58 Å². The summed E-state index contributed by atoms with van der Waals surface area (Å²) in [5.41, 5.74) is 1.24. The molecule has 1 aromatic rings. The number of hydrogen-bond acceptors (Lipinski definition) is 4. The number of nitrogens with zero attached hydrogens (tertiary/aromatic N) is 3. The van der Waals surface area contributed by atoms with E-state index in [1.165, 1.54) is 19.3 Å². The van der Waals surface area contributed by atoms with Crippen molar-refractivity contribution >= 4 is 41.5 Å². The number of unbranched alkanes of at least 4 members (excludes halogenated alkanes) is 1. The van der Waals surface area contributed by atoms with Crippen molar-refractivity contribution in [3.63, 3.8) is 0 Å². The van der Waals surface area contributed by atoms with Crippen molar-refractivity contribution in [2.45, 2.75) is 79.6 Å². The van der Waals surface area contributed by atoms with Crippen molar-refractivity contribution in [3.05, 3.63) is 41.2 Å². The van der Waals surface area contributed by atoms with E-state index in [0.29, 0.717) is 35.9 Å². The van der Waals surface area contributed by atoms with E-state index in [-0.39, 0.29) is 18.2 Å². The first kappa shape index (κ1) is 34.3. The molecular weight excluding hydrogens is 486 g/mol. The molecule has 1 aromatic carbocycles. The molecule has 0 saturated carbocycles. The Morgan fingerprint density at radius 3 is 2.32 bits per heavy atom. The van der Waals surface area contributed by atoms with Gasteiger partial charge >= 0.3 is 0 Å². The molecule has 0 aromatic heterocycles. The summed E-state index contributed by atoms with van der Waals surface area (Å²) in [5.74, 6) is -0.0489. The fourth-order valence-electron chi connectivity index (χ4n) is 3.06. The maximum absolute atomic E-state index is 12.5. The van der Waals surface area contributed by atoms with Crippen LogP contribution < -0.4 is 10.6 Å². The van der Waals surface area contributed by atoms with Crippen LogP contribution in [-0.4, -0.2) is 66.9 Å². The highest BCUT2D eigenvalue weighted by Crippen LogP contribution is 2.20. The summed E-state index contributed by atoms with van der Waals surface area (Å²) >= 11 is 6.07. The Morgan fingerprint density at radius 1 is 1.11 bits per heavy atom. The number of rotatable bonds is 13. The number of amides is 2. The van der Waals surface area contributed by atoms with Crippen LogP contribution in [0.4, 0.5) is 5.69 Å². The highest BCUT2D eigenvalue weighted by molar-refractivity contribution is 6.33. The van der Waals surface area contributed by atoms with Gasteiger partial charge in [-0.15, -0.1) is 0 Å². The molecule has 0 aliphatic carbocycles. The molecule has 208 valence electrons. The number of para-hydroxylation sites is 1. The molecular formula is C29H49ClN5O2+. The van der Waals surface area contributed by atoms with E-state index >= 15 is 0 Å². The van der Waals surface area contributed by atoms with Crippen molar-refractivity contribution in [3.8, 4) is 0 Å². The van der Waals surface area contributed by atoms with Gasteiger partial charge in [-0.1, -0.05) is 71.2 Å². The van der Waals surface area contributed by atoms with Gasteiger partial charge in [0.1, 0.15) is 19.3 Å². The Kier molecular flexibility index (Phi) is 20.9. The van der Waals surface area contributed by atoms with E-state index in [2.05, 4.69) is 47.2 Å². The third-order valence-electron chi connectivity index (χ3n) is 5.44. The summed E-state index contributed by atoms with van der Waals surface area (Å²) < 4.78 is 2.25. The largest absolute Gasteiger partial charge is 0.390 e. The van der Waals surface area contributed by atoms with Crippen LogP contribution in [0.1, 0.15) is 79.6 Å². The van der Waals surface area contributed by atoms with E-state index in [4.69, 9.17) is 11.6 Å². The fourth-order valence-corrected chi connectivity index (χ4v) is 3.24. The third-order valence-corrected chi connectivity index (χ3v) is 5.77. The third kappa shape index (κ3) is 15.9. The number of carbonyl (C=O) groups excluding carboxylic acids is 2. The van der Waals surface area contributed by atoms with E-state index in [0.717, 1.165) is 25.9 Å². The highest BCUT2D eigenvalue weighted by atomic mass is 35.5. The Hall–Kier alpha value is -2.67. The molecule has 0 spiro atoms. The second kappa shape index (κ2) is 22.5. The summed E-state index contributed by atoms with van der Waals surface area (Å²) in [4.78, 5) is 30.9. The molecule has 1 aliphatic heterocycles. The molecule has 2 rings (SSSR count). The van der Waals surface area contributed by atoms with Gasteiger partial charge in [0, 0.05) is 44.5 Å². The average Bonchev–Trinajstić information content (AvgIpc) is 2.89. The van der Waals surface area contributed by atoms with E-state index in [9.17, 15) is 9.59 Å². The SMILES string of the molecule is CC.CCCC.CCCN(CC=N/C=C(/CC(=O)Nc1ccccc1Cl)NC)C(=O)CCC=[N+]1CCC1. The van der Waals surface area contributed by atoms with Crippen LogP contribution in [0.5, 0.6) is 0 Å². The van der Waals surface area contributed by atoms with Crippen molar-refractivity contribution in [1.29, 1.82) is 0 Å². The van der Waals surface area contributed by atoms with Gasteiger partial charge in [-0.2, -0.15) is 0 Å². The number of benzene rings is 1. The molecule has 0 unspecified atom stereocenters. The van der Waals surface area contributed by atoms with E-state index < -0.39 is 0 Å². The number of aliphatic imine (C=N–C) groups is 1. The van der Waals surface area contributed by atoms with Gasteiger partial charge in [0.25, 0.3) is 0 Å². The predicted octanol–water partition coefficient (Wildman–Crippen LogP) is 6.14. The Labute approximate surface area is 230 Å². The monoisotopic (exact) mass is 534 g/mol.